The molecule has 1 atom stereocenters. The van der Waals surface area contributed by atoms with Crippen LogP contribution in [0.5, 0.6) is 0 Å². The summed E-state index contributed by atoms with van der Waals surface area (Å²) in [6.07, 6.45) is 2.19. The van der Waals surface area contributed by atoms with E-state index in [1.165, 1.54) is 27.4 Å². The third-order valence-electron chi connectivity index (χ3n) is 5.25. The summed E-state index contributed by atoms with van der Waals surface area (Å²) >= 11 is 0. The van der Waals surface area contributed by atoms with Crippen LogP contribution in [0, 0.1) is 17.2 Å². The van der Waals surface area contributed by atoms with E-state index in [1.54, 1.807) is 0 Å². The van der Waals surface area contributed by atoms with Crippen molar-refractivity contribution in [3.8, 4) is 6.07 Å². The lowest BCUT2D eigenvalue weighted by atomic mass is 9.99. The Kier molecular flexibility index (Phi) is 4.00. The van der Waals surface area contributed by atoms with Gasteiger partial charge in [0.2, 0.25) is 0 Å². The molecule has 0 aliphatic carbocycles. The highest BCUT2D eigenvalue weighted by Crippen LogP contribution is 2.30. The number of fused-ring (bicyclic) bond motifs is 3. The Balaban J connectivity index is 1.71. The standard InChI is InChI=1S/C21H23N3/c1-2-24-20-8-4-3-7-18(20)19-12-16(9-10-21(19)24)14-23-11-5-6-17(13-22)15-23/h3-4,7-10,12,17H,2,5-6,11,14-15H2,1H3. The van der Waals surface area contributed by atoms with E-state index >= 15 is 0 Å². The molecule has 1 aliphatic heterocycles. The average molecular weight is 317 g/mol. The van der Waals surface area contributed by atoms with Crippen molar-refractivity contribution < 1.29 is 0 Å². The Morgan fingerprint density at radius 2 is 1.96 bits per heavy atom. The first-order chi connectivity index (χ1) is 11.8. The lowest BCUT2D eigenvalue weighted by Gasteiger charge is -2.29. The minimum absolute atomic E-state index is 0.199. The molecule has 2 heterocycles. The maximum atomic E-state index is 9.19. The fourth-order valence-electron chi connectivity index (χ4n) is 4.10. The summed E-state index contributed by atoms with van der Waals surface area (Å²) in [5.41, 5.74) is 3.98. The van der Waals surface area contributed by atoms with E-state index in [0.717, 1.165) is 39.0 Å². The van der Waals surface area contributed by atoms with Gasteiger partial charge in [-0.2, -0.15) is 5.26 Å². The van der Waals surface area contributed by atoms with E-state index in [2.05, 4.69) is 64.9 Å². The molecule has 2 aromatic carbocycles. The molecule has 0 N–H and O–H groups in total. The van der Waals surface area contributed by atoms with Crippen molar-refractivity contribution in [2.24, 2.45) is 5.92 Å². The largest absolute Gasteiger partial charge is 0.341 e. The molecule has 0 radical (unpaired) electrons. The summed E-state index contributed by atoms with van der Waals surface area (Å²) in [4.78, 5) is 2.43. The highest BCUT2D eigenvalue weighted by Gasteiger charge is 2.19. The zero-order valence-electron chi connectivity index (χ0n) is 14.2. The summed E-state index contributed by atoms with van der Waals surface area (Å²) in [6, 6.07) is 18.0. The second-order valence-electron chi connectivity index (χ2n) is 6.82. The molecule has 3 heteroatoms. The van der Waals surface area contributed by atoms with Gasteiger partial charge in [-0.15, -0.1) is 0 Å². The van der Waals surface area contributed by atoms with Gasteiger partial charge in [-0.1, -0.05) is 24.3 Å². The first kappa shape index (κ1) is 15.2. The Labute approximate surface area is 143 Å². The summed E-state index contributed by atoms with van der Waals surface area (Å²) in [7, 11) is 0. The molecule has 1 unspecified atom stereocenters. The highest BCUT2D eigenvalue weighted by molar-refractivity contribution is 6.08. The van der Waals surface area contributed by atoms with Crippen LogP contribution in [-0.4, -0.2) is 22.6 Å². The molecule has 0 saturated carbocycles. The van der Waals surface area contributed by atoms with Crippen molar-refractivity contribution in [3.63, 3.8) is 0 Å². The van der Waals surface area contributed by atoms with Gasteiger partial charge in [-0.05, 0) is 50.1 Å². The second-order valence-corrected chi connectivity index (χ2v) is 6.82. The number of benzene rings is 2. The van der Waals surface area contributed by atoms with Gasteiger partial charge in [0.15, 0.2) is 0 Å². The summed E-state index contributed by atoms with van der Waals surface area (Å²) < 4.78 is 2.39. The van der Waals surface area contributed by atoms with Crippen molar-refractivity contribution in [2.75, 3.05) is 13.1 Å². The fraction of sp³-hybridized carbons (Fsp3) is 0.381. The van der Waals surface area contributed by atoms with Crippen LogP contribution in [0.4, 0.5) is 0 Å². The van der Waals surface area contributed by atoms with Crippen molar-refractivity contribution in [2.45, 2.75) is 32.9 Å². The molecule has 4 rings (SSSR count). The Hall–Kier alpha value is -2.31. The van der Waals surface area contributed by atoms with Gasteiger partial charge in [-0.3, -0.25) is 4.90 Å². The number of likely N-dealkylation sites (tertiary alicyclic amines) is 1. The molecular weight excluding hydrogens is 294 g/mol. The van der Waals surface area contributed by atoms with E-state index in [4.69, 9.17) is 0 Å². The highest BCUT2D eigenvalue weighted by atomic mass is 15.1. The molecule has 122 valence electrons. The minimum Gasteiger partial charge on any atom is -0.341 e. The molecule has 1 aliphatic rings. The molecule has 0 spiro atoms. The van der Waals surface area contributed by atoms with Crippen LogP contribution in [-0.2, 0) is 13.1 Å². The fourth-order valence-corrected chi connectivity index (χ4v) is 4.10. The molecule has 1 saturated heterocycles. The molecule has 3 aromatic rings. The average Bonchev–Trinajstić information content (AvgIpc) is 2.95. The summed E-state index contributed by atoms with van der Waals surface area (Å²) in [5.74, 6) is 0.199. The molecule has 0 amide bonds. The molecule has 24 heavy (non-hydrogen) atoms. The first-order valence-electron chi connectivity index (χ1n) is 8.92. The van der Waals surface area contributed by atoms with E-state index in [0.29, 0.717) is 0 Å². The quantitative estimate of drug-likeness (QED) is 0.710. The smallest absolute Gasteiger partial charge is 0.0669 e. The first-order valence-corrected chi connectivity index (χ1v) is 8.92. The Bertz CT molecular complexity index is 916. The van der Waals surface area contributed by atoms with Crippen LogP contribution in [0.3, 0.4) is 0 Å². The Morgan fingerprint density at radius 1 is 1.12 bits per heavy atom. The third-order valence-corrected chi connectivity index (χ3v) is 5.25. The van der Waals surface area contributed by atoms with Crippen LogP contribution >= 0.6 is 0 Å². The number of aromatic nitrogens is 1. The predicted molar refractivity (Wildman–Crippen MR) is 98.7 cm³/mol. The van der Waals surface area contributed by atoms with Crippen LogP contribution in [0.2, 0.25) is 0 Å². The van der Waals surface area contributed by atoms with Gasteiger partial charge in [0.1, 0.15) is 0 Å². The number of hydrogen-bond donors (Lipinski definition) is 0. The zero-order chi connectivity index (χ0) is 16.5. The van der Waals surface area contributed by atoms with Crippen LogP contribution < -0.4 is 0 Å². The van der Waals surface area contributed by atoms with E-state index in [-0.39, 0.29) is 5.92 Å². The zero-order valence-corrected chi connectivity index (χ0v) is 14.2. The maximum absolute atomic E-state index is 9.19. The maximum Gasteiger partial charge on any atom is 0.0669 e. The number of piperidine rings is 1. The molecule has 1 fully saturated rings. The van der Waals surface area contributed by atoms with Crippen LogP contribution in [0.15, 0.2) is 42.5 Å². The molecule has 0 bridgehead atoms. The third kappa shape index (κ3) is 2.57. The van der Waals surface area contributed by atoms with Crippen molar-refractivity contribution in [1.29, 1.82) is 5.26 Å². The Morgan fingerprint density at radius 3 is 2.79 bits per heavy atom. The van der Waals surface area contributed by atoms with Crippen LogP contribution in [0.25, 0.3) is 21.8 Å². The number of hydrogen-bond acceptors (Lipinski definition) is 2. The number of para-hydroxylation sites is 1. The van der Waals surface area contributed by atoms with Gasteiger partial charge in [0, 0.05) is 41.4 Å². The van der Waals surface area contributed by atoms with Gasteiger partial charge in [0.25, 0.3) is 0 Å². The molecule has 3 nitrogen and oxygen atoms in total. The monoisotopic (exact) mass is 317 g/mol. The predicted octanol–water partition coefficient (Wildman–Crippen LogP) is 4.55. The van der Waals surface area contributed by atoms with E-state index in [1.807, 2.05) is 0 Å². The van der Waals surface area contributed by atoms with Crippen molar-refractivity contribution in [3.05, 3.63) is 48.0 Å². The van der Waals surface area contributed by atoms with Gasteiger partial charge >= 0.3 is 0 Å². The van der Waals surface area contributed by atoms with Crippen LogP contribution in [0.1, 0.15) is 25.3 Å². The number of nitriles is 1. The van der Waals surface area contributed by atoms with Gasteiger partial charge < -0.3 is 4.57 Å². The summed E-state index contributed by atoms with van der Waals surface area (Å²) in [5, 5.41) is 11.9. The van der Waals surface area contributed by atoms with Crippen molar-refractivity contribution in [1.82, 2.24) is 9.47 Å². The number of nitrogens with zero attached hydrogens (tertiary/aromatic N) is 3. The topological polar surface area (TPSA) is 32.0 Å². The molecule has 1 aromatic heterocycles. The number of aryl methyl sites for hydroxylation is 1. The van der Waals surface area contributed by atoms with E-state index < -0.39 is 0 Å². The van der Waals surface area contributed by atoms with Gasteiger partial charge in [-0.25, -0.2) is 0 Å². The lowest BCUT2D eigenvalue weighted by Crippen LogP contribution is -2.34. The second kappa shape index (κ2) is 6.30. The van der Waals surface area contributed by atoms with E-state index in [9.17, 15) is 5.26 Å². The van der Waals surface area contributed by atoms with Crippen molar-refractivity contribution >= 4 is 21.8 Å². The summed E-state index contributed by atoms with van der Waals surface area (Å²) in [6.45, 7) is 6.15. The lowest BCUT2D eigenvalue weighted by molar-refractivity contribution is 0.192. The SMILES string of the molecule is CCn1c2ccccc2c2cc(CN3CCCC(C#N)C3)ccc21. The van der Waals surface area contributed by atoms with Gasteiger partial charge in [0.05, 0.1) is 12.0 Å². The normalized spacial score (nSPS) is 18.9. The minimum atomic E-state index is 0.199. The number of rotatable bonds is 3. The molecular formula is C21H23N3.